The number of hydrogen-bond acceptors (Lipinski definition) is 4. The van der Waals surface area contributed by atoms with E-state index in [0.29, 0.717) is 11.4 Å². The number of amides is 1. The van der Waals surface area contributed by atoms with E-state index >= 15 is 0 Å². The molecule has 0 aromatic heterocycles. The number of hydrogen-bond donors (Lipinski definition) is 2. The van der Waals surface area contributed by atoms with Crippen LogP contribution in [0.2, 0.25) is 0 Å². The minimum absolute atomic E-state index is 0.0715. The standard InChI is InChI=1S/C21H20N2O4S/c1-15-6-5-7-16(14-15)22-21(24)19-8-3-4-9-20(19)23-28(25,26)18-12-10-17(27-2)11-13-18/h3-14,23H,1-2H3,(H,22,24). The van der Waals surface area contributed by atoms with Crippen molar-refractivity contribution in [3.05, 3.63) is 83.9 Å². The van der Waals surface area contributed by atoms with Crippen molar-refractivity contribution in [2.75, 3.05) is 17.1 Å². The molecule has 0 atom stereocenters. The van der Waals surface area contributed by atoms with Crippen LogP contribution in [0.3, 0.4) is 0 Å². The Labute approximate surface area is 164 Å². The number of para-hydroxylation sites is 1. The molecule has 3 rings (SSSR count). The highest BCUT2D eigenvalue weighted by atomic mass is 32.2. The van der Waals surface area contributed by atoms with Gasteiger partial charge in [-0.3, -0.25) is 9.52 Å². The summed E-state index contributed by atoms with van der Waals surface area (Å²) in [5.74, 6) is 0.149. The highest BCUT2D eigenvalue weighted by molar-refractivity contribution is 7.92. The van der Waals surface area contributed by atoms with Gasteiger partial charge in [-0.05, 0) is 61.0 Å². The second-order valence-electron chi connectivity index (χ2n) is 6.15. The number of benzene rings is 3. The Morgan fingerprint density at radius 3 is 2.32 bits per heavy atom. The molecule has 0 aliphatic heterocycles. The fourth-order valence-corrected chi connectivity index (χ4v) is 3.73. The lowest BCUT2D eigenvalue weighted by Gasteiger charge is -2.13. The van der Waals surface area contributed by atoms with E-state index in [1.54, 1.807) is 42.5 Å². The van der Waals surface area contributed by atoms with Crippen LogP contribution in [-0.4, -0.2) is 21.4 Å². The summed E-state index contributed by atoms with van der Waals surface area (Å²) in [5, 5.41) is 2.79. The maximum atomic E-state index is 12.7. The number of rotatable bonds is 6. The third kappa shape index (κ3) is 4.50. The number of carbonyl (C=O) groups is 1. The summed E-state index contributed by atoms with van der Waals surface area (Å²) in [4.78, 5) is 12.8. The van der Waals surface area contributed by atoms with E-state index in [1.807, 2.05) is 25.1 Å². The first kappa shape index (κ1) is 19.4. The van der Waals surface area contributed by atoms with Crippen LogP contribution < -0.4 is 14.8 Å². The molecule has 0 radical (unpaired) electrons. The van der Waals surface area contributed by atoms with Crippen LogP contribution in [-0.2, 0) is 10.0 Å². The third-order valence-corrected chi connectivity index (χ3v) is 5.44. The lowest BCUT2D eigenvalue weighted by atomic mass is 10.1. The molecule has 0 saturated carbocycles. The summed E-state index contributed by atoms with van der Waals surface area (Å²) < 4.78 is 32.9. The van der Waals surface area contributed by atoms with Crippen molar-refractivity contribution >= 4 is 27.3 Å². The molecule has 3 aromatic carbocycles. The van der Waals surface area contributed by atoms with Gasteiger partial charge in [-0.1, -0.05) is 24.3 Å². The minimum atomic E-state index is -3.86. The molecule has 0 aliphatic rings. The van der Waals surface area contributed by atoms with Crippen molar-refractivity contribution in [2.24, 2.45) is 0 Å². The Balaban J connectivity index is 1.86. The molecule has 7 heteroatoms. The molecule has 0 unspecified atom stereocenters. The second-order valence-corrected chi connectivity index (χ2v) is 7.83. The zero-order valence-electron chi connectivity index (χ0n) is 15.5. The predicted octanol–water partition coefficient (Wildman–Crippen LogP) is 4.06. The first-order chi connectivity index (χ1) is 13.4. The molecule has 0 fully saturated rings. The first-order valence-corrected chi connectivity index (χ1v) is 10.0. The predicted molar refractivity (Wildman–Crippen MR) is 109 cm³/mol. The van der Waals surface area contributed by atoms with E-state index in [0.717, 1.165) is 5.56 Å². The molecule has 0 saturated heterocycles. The Kier molecular flexibility index (Phi) is 5.65. The molecule has 0 spiro atoms. The van der Waals surface area contributed by atoms with E-state index in [1.165, 1.54) is 19.2 Å². The van der Waals surface area contributed by atoms with Crippen molar-refractivity contribution < 1.29 is 17.9 Å². The molecule has 144 valence electrons. The minimum Gasteiger partial charge on any atom is -0.497 e. The number of sulfonamides is 1. The summed E-state index contributed by atoms with van der Waals surface area (Å²) in [6, 6.07) is 19.8. The van der Waals surface area contributed by atoms with Gasteiger partial charge in [0.15, 0.2) is 0 Å². The van der Waals surface area contributed by atoms with Gasteiger partial charge in [0.2, 0.25) is 0 Å². The molecule has 28 heavy (non-hydrogen) atoms. The molecule has 3 aromatic rings. The Hall–Kier alpha value is -3.32. The van der Waals surface area contributed by atoms with Crippen molar-refractivity contribution in [2.45, 2.75) is 11.8 Å². The van der Waals surface area contributed by atoms with Gasteiger partial charge in [0.25, 0.3) is 15.9 Å². The van der Waals surface area contributed by atoms with E-state index < -0.39 is 15.9 Å². The summed E-state index contributed by atoms with van der Waals surface area (Å²) >= 11 is 0. The second kappa shape index (κ2) is 8.14. The summed E-state index contributed by atoms with van der Waals surface area (Å²) in [7, 11) is -2.35. The molecule has 6 nitrogen and oxygen atoms in total. The maximum Gasteiger partial charge on any atom is 0.261 e. The van der Waals surface area contributed by atoms with Crippen molar-refractivity contribution in [1.82, 2.24) is 0 Å². The zero-order valence-corrected chi connectivity index (χ0v) is 16.3. The Morgan fingerprint density at radius 2 is 1.64 bits per heavy atom. The van der Waals surface area contributed by atoms with Crippen LogP contribution in [0.5, 0.6) is 5.75 Å². The number of carbonyl (C=O) groups excluding carboxylic acids is 1. The van der Waals surface area contributed by atoms with Gasteiger partial charge in [0.1, 0.15) is 5.75 Å². The molecular formula is C21H20N2O4S. The highest BCUT2D eigenvalue weighted by Crippen LogP contribution is 2.23. The topological polar surface area (TPSA) is 84.5 Å². The van der Waals surface area contributed by atoms with Crippen LogP contribution in [0.15, 0.2) is 77.7 Å². The molecule has 0 bridgehead atoms. The lowest BCUT2D eigenvalue weighted by molar-refractivity contribution is 0.102. The number of aryl methyl sites for hydroxylation is 1. The molecule has 1 amide bonds. The average molecular weight is 396 g/mol. The summed E-state index contributed by atoms with van der Waals surface area (Å²) in [6.45, 7) is 1.92. The van der Waals surface area contributed by atoms with Gasteiger partial charge >= 0.3 is 0 Å². The van der Waals surface area contributed by atoms with Gasteiger partial charge in [-0.25, -0.2) is 8.42 Å². The molecule has 0 aliphatic carbocycles. The van der Waals surface area contributed by atoms with Gasteiger partial charge in [0.05, 0.1) is 23.3 Å². The SMILES string of the molecule is COc1ccc(S(=O)(=O)Nc2ccccc2C(=O)Nc2cccc(C)c2)cc1. The molecule has 2 N–H and O–H groups in total. The van der Waals surface area contributed by atoms with Crippen LogP contribution in [0.4, 0.5) is 11.4 Å². The van der Waals surface area contributed by atoms with Gasteiger partial charge < -0.3 is 10.1 Å². The largest absolute Gasteiger partial charge is 0.497 e. The van der Waals surface area contributed by atoms with Crippen molar-refractivity contribution in [3.63, 3.8) is 0 Å². The maximum absolute atomic E-state index is 12.7. The van der Waals surface area contributed by atoms with E-state index in [9.17, 15) is 13.2 Å². The summed E-state index contributed by atoms with van der Waals surface area (Å²) in [6.07, 6.45) is 0. The third-order valence-electron chi connectivity index (χ3n) is 4.06. The summed E-state index contributed by atoms with van der Waals surface area (Å²) in [5.41, 5.74) is 2.06. The van der Waals surface area contributed by atoms with E-state index in [-0.39, 0.29) is 16.1 Å². The monoisotopic (exact) mass is 396 g/mol. The van der Waals surface area contributed by atoms with Gasteiger partial charge in [-0.2, -0.15) is 0 Å². The number of anilines is 2. The molecule has 0 heterocycles. The van der Waals surface area contributed by atoms with E-state index in [2.05, 4.69) is 10.0 Å². The van der Waals surface area contributed by atoms with E-state index in [4.69, 9.17) is 4.74 Å². The fraction of sp³-hybridized carbons (Fsp3) is 0.0952. The van der Waals surface area contributed by atoms with Crippen molar-refractivity contribution in [1.29, 1.82) is 0 Å². The quantitative estimate of drug-likeness (QED) is 0.658. The van der Waals surface area contributed by atoms with Crippen molar-refractivity contribution in [3.8, 4) is 5.75 Å². The normalized spacial score (nSPS) is 10.9. The van der Waals surface area contributed by atoms with Crippen LogP contribution in [0.1, 0.15) is 15.9 Å². The number of methoxy groups -OCH3 is 1. The lowest BCUT2D eigenvalue weighted by Crippen LogP contribution is -2.18. The van der Waals surface area contributed by atoms with Crippen LogP contribution in [0.25, 0.3) is 0 Å². The zero-order chi connectivity index (χ0) is 20.1. The van der Waals surface area contributed by atoms with Crippen LogP contribution in [0, 0.1) is 6.92 Å². The first-order valence-electron chi connectivity index (χ1n) is 8.53. The highest BCUT2D eigenvalue weighted by Gasteiger charge is 2.19. The fourth-order valence-electron chi connectivity index (χ4n) is 2.65. The van der Waals surface area contributed by atoms with Crippen LogP contribution >= 0.6 is 0 Å². The Morgan fingerprint density at radius 1 is 0.929 bits per heavy atom. The molecular weight excluding hydrogens is 376 g/mol. The van der Waals surface area contributed by atoms with Gasteiger partial charge in [0, 0.05) is 5.69 Å². The Bertz CT molecular complexity index is 1090. The van der Waals surface area contributed by atoms with Gasteiger partial charge in [-0.15, -0.1) is 0 Å². The number of ether oxygens (including phenoxy) is 1. The number of nitrogens with one attached hydrogen (secondary N) is 2. The smallest absolute Gasteiger partial charge is 0.261 e. The average Bonchev–Trinajstić information content (AvgIpc) is 2.68.